The number of pyridine rings is 1. The molecule has 20 heavy (non-hydrogen) atoms. The van der Waals surface area contributed by atoms with Crippen LogP contribution in [0.2, 0.25) is 0 Å². The number of benzene rings is 1. The highest BCUT2D eigenvalue weighted by atomic mass is 32.1. The van der Waals surface area contributed by atoms with Gasteiger partial charge < -0.3 is 5.41 Å². The van der Waals surface area contributed by atoms with Gasteiger partial charge in [-0.25, -0.2) is 4.98 Å². The molecule has 1 aromatic carbocycles. The van der Waals surface area contributed by atoms with Gasteiger partial charge in [0.05, 0.1) is 11.2 Å². The summed E-state index contributed by atoms with van der Waals surface area (Å²) in [6, 6.07) is 6.93. The summed E-state index contributed by atoms with van der Waals surface area (Å²) in [5, 5.41) is 9.83. The third kappa shape index (κ3) is 2.06. The first-order valence-corrected chi connectivity index (χ1v) is 6.62. The minimum absolute atomic E-state index is 0.00728. The number of hydrogen-bond donors (Lipinski definition) is 1. The maximum atomic E-state index is 8.29. The molecule has 0 radical (unpaired) electrons. The van der Waals surface area contributed by atoms with E-state index in [0.29, 0.717) is 21.6 Å². The van der Waals surface area contributed by atoms with E-state index < -0.39 is 25.0 Å². The highest BCUT2D eigenvalue weighted by molar-refractivity contribution is 7.25. The van der Waals surface area contributed by atoms with Crippen molar-refractivity contribution in [2.24, 2.45) is 0 Å². The lowest BCUT2D eigenvalue weighted by Gasteiger charge is -2.00. The Morgan fingerprint density at radius 1 is 1.45 bits per heavy atom. The Kier molecular flexibility index (Phi) is 1.75. The number of hydrogen-bond acceptors (Lipinski definition) is 3. The van der Waals surface area contributed by atoms with Crippen LogP contribution in [-0.2, 0) is 0 Å². The van der Waals surface area contributed by atoms with Gasteiger partial charge in [-0.1, -0.05) is 36.9 Å². The molecule has 2 heterocycles. The Hall–Kier alpha value is -2.26. The smallest absolute Gasteiger partial charge is 0.124 e. The third-order valence-corrected chi connectivity index (χ3v) is 4.04. The summed E-state index contributed by atoms with van der Waals surface area (Å²) in [4.78, 5) is 4.75. The second-order valence-electron chi connectivity index (χ2n) is 4.10. The molecule has 0 atom stereocenters. The molecule has 98 valence electrons. The molecule has 2 aromatic heterocycles. The zero-order valence-electron chi connectivity index (χ0n) is 17.3. The molecule has 0 saturated heterocycles. The normalized spacial score (nSPS) is 19.2. The predicted molar refractivity (Wildman–Crippen MR) is 88.0 cm³/mol. The Morgan fingerprint density at radius 3 is 3.25 bits per heavy atom. The van der Waals surface area contributed by atoms with Gasteiger partial charge in [0.2, 0.25) is 0 Å². The molecule has 0 fully saturated rings. The summed E-state index contributed by atoms with van der Waals surface area (Å²) in [5.41, 5.74) is 0.158. The van der Waals surface area contributed by atoms with Crippen molar-refractivity contribution in [1.29, 1.82) is 5.41 Å². The first-order chi connectivity index (χ1) is 12.6. The molecule has 0 saturated carbocycles. The van der Waals surface area contributed by atoms with Crippen molar-refractivity contribution in [2.45, 2.75) is 6.85 Å². The number of allylic oxidation sites excluding steroid dienone is 3. The molecule has 2 nitrogen and oxygen atoms in total. The van der Waals surface area contributed by atoms with E-state index >= 15 is 0 Å². The number of nitrogens with one attached hydrogen (secondary N) is 1. The first-order valence-electron chi connectivity index (χ1n) is 9.38. The molecule has 0 amide bonds. The minimum Gasteiger partial charge on any atom is -0.300 e. The molecule has 0 aliphatic carbocycles. The van der Waals surface area contributed by atoms with Crippen LogP contribution in [0.15, 0.2) is 55.0 Å². The van der Waals surface area contributed by atoms with Gasteiger partial charge >= 0.3 is 0 Å². The lowest BCUT2D eigenvalue weighted by Crippen LogP contribution is -1.93. The maximum absolute atomic E-state index is 8.29. The quantitative estimate of drug-likeness (QED) is 0.541. The van der Waals surface area contributed by atoms with Crippen molar-refractivity contribution < 1.29 is 9.60 Å². The molecule has 0 aliphatic heterocycles. The summed E-state index contributed by atoms with van der Waals surface area (Å²) >= 11 is 1.22. The largest absolute Gasteiger partial charge is 0.300 e. The Labute approximate surface area is 131 Å². The molecule has 3 heteroatoms. The van der Waals surface area contributed by atoms with Gasteiger partial charge in [0.15, 0.2) is 0 Å². The van der Waals surface area contributed by atoms with Crippen LogP contribution in [0.4, 0.5) is 0 Å². The average molecular weight is 285 g/mol. The maximum Gasteiger partial charge on any atom is 0.124 e. The summed E-state index contributed by atoms with van der Waals surface area (Å²) in [6.45, 7) is -1.66. The highest BCUT2D eigenvalue weighted by Crippen LogP contribution is 2.35. The Bertz CT molecular complexity index is 1130. The van der Waals surface area contributed by atoms with E-state index in [1.165, 1.54) is 17.4 Å². The van der Waals surface area contributed by atoms with Gasteiger partial charge in [-0.3, -0.25) is 0 Å². The standard InChI is InChI=1S/C17H14N2S/c1-3-4-8-15(18)14-7-5-6-12-13-10-9-11(2)19-17(13)20-16(12)14/h3-10,18H,1H2,2H3/b8-4-,18-15?/i1D,2D3,3D,4D,8D/b3-1?,8-4-,18-15?. The number of rotatable bonds is 3. The van der Waals surface area contributed by atoms with E-state index in [1.807, 2.05) is 6.07 Å². The van der Waals surface area contributed by atoms with Crippen LogP contribution < -0.4 is 0 Å². The van der Waals surface area contributed by atoms with Crippen LogP contribution in [0.1, 0.15) is 20.9 Å². The monoisotopic (exact) mass is 285 g/mol. The van der Waals surface area contributed by atoms with Gasteiger partial charge in [0.25, 0.3) is 0 Å². The van der Waals surface area contributed by atoms with Crippen molar-refractivity contribution in [3.63, 3.8) is 0 Å². The molecular formula is C17H14N2S. The summed E-state index contributed by atoms with van der Waals surface area (Å²) < 4.78 is 53.5. The minimum atomic E-state index is -2.32. The van der Waals surface area contributed by atoms with Gasteiger partial charge in [-0.05, 0) is 25.0 Å². The van der Waals surface area contributed by atoms with Crippen molar-refractivity contribution in [1.82, 2.24) is 4.98 Å². The fraction of sp³-hybridized carbons (Fsp3) is 0.0588. The molecular weight excluding hydrogens is 264 g/mol. The van der Waals surface area contributed by atoms with Crippen LogP contribution in [-0.4, -0.2) is 10.7 Å². The van der Waals surface area contributed by atoms with E-state index in [9.17, 15) is 0 Å². The molecule has 1 N–H and O–H groups in total. The Morgan fingerprint density at radius 2 is 2.40 bits per heavy atom. The molecule has 0 unspecified atom stereocenters. The van der Waals surface area contributed by atoms with Gasteiger partial charge in [0, 0.05) is 30.8 Å². The van der Waals surface area contributed by atoms with E-state index in [1.54, 1.807) is 18.2 Å². The van der Waals surface area contributed by atoms with E-state index in [2.05, 4.69) is 4.98 Å². The number of aromatic nitrogens is 1. The van der Waals surface area contributed by atoms with Crippen LogP contribution in [0, 0.1) is 12.3 Å². The second kappa shape index (κ2) is 5.02. The summed E-state index contributed by atoms with van der Waals surface area (Å²) in [6.07, 6.45) is 0. The van der Waals surface area contributed by atoms with Crippen molar-refractivity contribution in [2.75, 3.05) is 0 Å². The van der Waals surface area contributed by atoms with Gasteiger partial charge in [-0.15, -0.1) is 11.3 Å². The lowest BCUT2D eigenvalue weighted by molar-refractivity contribution is 1.27. The second-order valence-corrected chi connectivity index (χ2v) is 5.10. The molecule has 3 aromatic rings. The first kappa shape index (κ1) is 6.95. The molecule has 3 rings (SSSR count). The highest BCUT2D eigenvalue weighted by Gasteiger charge is 2.11. The van der Waals surface area contributed by atoms with E-state index in [0.717, 1.165) is 10.8 Å². The molecule has 0 bridgehead atoms. The summed E-state index contributed by atoms with van der Waals surface area (Å²) in [7, 11) is 0. The average Bonchev–Trinajstić information content (AvgIpc) is 3.02. The number of thiophene rings is 1. The van der Waals surface area contributed by atoms with Crippen molar-refractivity contribution in [3.05, 3.63) is 66.3 Å². The SMILES string of the molecule is [2H]C=C([2H])/C([2H])=C(/[2H])C(=N)c1cccc2c1sc1nc(C([2H])([2H])[2H])ccc12. The van der Waals surface area contributed by atoms with Crippen molar-refractivity contribution >= 4 is 37.4 Å². The van der Waals surface area contributed by atoms with Crippen molar-refractivity contribution in [3.8, 4) is 0 Å². The topological polar surface area (TPSA) is 36.7 Å². The third-order valence-electron chi connectivity index (χ3n) is 2.89. The van der Waals surface area contributed by atoms with Gasteiger partial charge in [-0.2, -0.15) is 0 Å². The van der Waals surface area contributed by atoms with E-state index in [-0.39, 0.29) is 11.4 Å². The van der Waals surface area contributed by atoms with Crippen LogP contribution in [0.25, 0.3) is 20.3 Å². The molecule has 0 spiro atoms. The summed E-state index contributed by atoms with van der Waals surface area (Å²) in [5.74, 6) is 0. The molecule has 0 aliphatic rings. The fourth-order valence-electron chi connectivity index (χ4n) is 2.04. The van der Waals surface area contributed by atoms with Gasteiger partial charge in [0.1, 0.15) is 4.83 Å². The number of aryl methyl sites for hydroxylation is 1. The van der Waals surface area contributed by atoms with Crippen LogP contribution >= 0.6 is 11.3 Å². The Balaban J connectivity index is 2.22. The zero-order valence-corrected chi connectivity index (χ0v) is 11.1. The van der Waals surface area contributed by atoms with Crippen LogP contribution in [0.5, 0.6) is 0 Å². The number of fused-ring (bicyclic) bond motifs is 3. The fourth-order valence-corrected chi connectivity index (χ4v) is 3.24. The van der Waals surface area contributed by atoms with E-state index in [4.69, 9.17) is 15.0 Å². The number of nitrogens with zero attached hydrogens (tertiary/aromatic N) is 1. The van der Waals surface area contributed by atoms with Crippen LogP contribution in [0.3, 0.4) is 0 Å². The zero-order chi connectivity index (χ0) is 19.9. The lowest BCUT2D eigenvalue weighted by atomic mass is 10.1. The predicted octanol–water partition coefficient (Wildman–Crippen LogP) is 4.87.